The summed E-state index contributed by atoms with van der Waals surface area (Å²) in [4.78, 5) is 2.01. The van der Waals surface area contributed by atoms with Gasteiger partial charge in [0.25, 0.3) is 10.0 Å². The van der Waals surface area contributed by atoms with E-state index >= 15 is 0 Å². The molecule has 1 aromatic rings. The van der Waals surface area contributed by atoms with Gasteiger partial charge < -0.3 is 10.2 Å². The molecule has 0 amide bonds. The molecule has 94 valence electrons. The second kappa shape index (κ2) is 5.76. The maximum Gasteiger partial charge on any atom is 0.276 e. The number of benzene rings is 1. The minimum atomic E-state index is -3.72. The Labute approximate surface area is 99.7 Å². The summed E-state index contributed by atoms with van der Waals surface area (Å²) >= 11 is 0. The Morgan fingerprint density at radius 2 is 2.00 bits per heavy atom. The van der Waals surface area contributed by atoms with E-state index in [0.717, 1.165) is 11.8 Å². The van der Waals surface area contributed by atoms with Gasteiger partial charge in [0.1, 0.15) is 6.10 Å². The van der Waals surface area contributed by atoms with Crippen molar-refractivity contribution in [2.75, 3.05) is 6.61 Å². The molecule has 1 rings (SSSR count). The van der Waals surface area contributed by atoms with Crippen LogP contribution in [0.4, 0.5) is 0 Å². The zero-order valence-electron chi connectivity index (χ0n) is 9.24. The molecule has 0 bridgehead atoms. The third kappa shape index (κ3) is 4.14. The van der Waals surface area contributed by atoms with Gasteiger partial charge in [-0.15, -0.1) is 0 Å². The van der Waals surface area contributed by atoms with Crippen LogP contribution in [0.5, 0.6) is 0 Å². The molecule has 0 radical (unpaired) electrons. The van der Waals surface area contributed by atoms with Gasteiger partial charge in [-0.3, -0.25) is 0 Å². The minimum Gasteiger partial charge on any atom is -0.393 e. The minimum absolute atomic E-state index is 0.0822. The summed E-state index contributed by atoms with van der Waals surface area (Å²) in [6.45, 7) is 1.33. The Morgan fingerprint density at radius 1 is 1.41 bits per heavy atom. The highest BCUT2D eigenvalue weighted by Gasteiger charge is 2.11. The molecule has 0 unspecified atom stereocenters. The molecule has 0 aliphatic carbocycles. The summed E-state index contributed by atoms with van der Waals surface area (Å²) < 4.78 is 23.3. The first-order chi connectivity index (χ1) is 7.95. The van der Waals surface area contributed by atoms with Crippen LogP contribution in [0.3, 0.4) is 0 Å². The lowest BCUT2D eigenvalue weighted by Crippen LogP contribution is -2.21. The van der Waals surface area contributed by atoms with Crippen molar-refractivity contribution in [2.24, 2.45) is 5.10 Å². The van der Waals surface area contributed by atoms with E-state index in [1.807, 2.05) is 11.8 Å². The number of sulfonamides is 1. The standard InChI is InChI=1S/C10H14N2O4S/c1-8-2-4-10(5-3-8)17(15,16)12-11-6-9(14)7-13/h2-6,9,12-14H,7H2,1H3/b11-6+/t9-/m1/s1. The van der Waals surface area contributed by atoms with Gasteiger partial charge in [0.05, 0.1) is 17.7 Å². The number of rotatable bonds is 5. The van der Waals surface area contributed by atoms with E-state index in [1.54, 1.807) is 12.1 Å². The van der Waals surface area contributed by atoms with Crippen molar-refractivity contribution in [1.29, 1.82) is 0 Å². The van der Waals surface area contributed by atoms with Crippen molar-refractivity contribution >= 4 is 16.2 Å². The fourth-order valence-electron chi connectivity index (χ4n) is 1.00. The molecule has 0 aliphatic rings. The third-order valence-electron chi connectivity index (χ3n) is 1.94. The molecular formula is C10H14N2O4S. The fourth-order valence-corrected chi connectivity index (χ4v) is 1.80. The monoisotopic (exact) mass is 258 g/mol. The lowest BCUT2D eigenvalue weighted by Gasteiger charge is -2.04. The molecule has 3 N–H and O–H groups in total. The molecule has 7 heteroatoms. The van der Waals surface area contributed by atoms with Crippen molar-refractivity contribution in [1.82, 2.24) is 4.83 Å². The van der Waals surface area contributed by atoms with E-state index in [1.165, 1.54) is 12.1 Å². The number of hydrogen-bond acceptors (Lipinski definition) is 5. The van der Waals surface area contributed by atoms with Gasteiger partial charge in [-0.05, 0) is 19.1 Å². The number of nitrogens with one attached hydrogen (secondary N) is 1. The Kier molecular flexibility index (Phi) is 4.62. The zero-order valence-corrected chi connectivity index (χ0v) is 10.1. The third-order valence-corrected chi connectivity index (χ3v) is 3.18. The molecule has 0 heterocycles. The van der Waals surface area contributed by atoms with Crippen molar-refractivity contribution < 1.29 is 18.6 Å². The van der Waals surface area contributed by atoms with Crippen LogP contribution in [-0.4, -0.2) is 37.6 Å². The first kappa shape index (κ1) is 13.6. The predicted octanol–water partition coefficient (Wildman–Crippen LogP) is -0.388. The second-order valence-electron chi connectivity index (χ2n) is 3.44. The number of aliphatic hydroxyl groups is 2. The van der Waals surface area contributed by atoms with Crippen molar-refractivity contribution in [3.05, 3.63) is 29.8 Å². The fraction of sp³-hybridized carbons (Fsp3) is 0.300. The first-order valence-corrected chi connectivity index (χ1v) is 6.34. The molecule has 0 fully saturated rings. The van der Waals surface area contributed by atoms with E-state index < -0.39 is 22.7 Å². The van der Waals surface area contributed by atoms with Crippen molar-refractivity contribution in [3.63, 3.8) is 0 Å². The molecule has 0 saturated heterocycles. The van der Waals surface area contributed by atoms with Crippen molar-refractivity contribution in [2.45, 2.75) is 17.9 Å². The Balaban J connectivity index is 2.76. The van der Waals surface area contributed by atoms with Crippen LogP contribution < -0.4 is 4.83 Å². The zero-order chi connectivity index (χ0) is 12.9. The topological polar surface area (TPSA) is 99.0 Å². The number of hydrazone groups is 1. The van der Waals surface area contributed by atoms with Crippen molar-refractivity contribution in [3.8, 4) is 0 Å². The van der Waals surface area contributed by atoms with E-state index in [0.29, 0.717) is 0 Å². The summed E-state index contributed by atoms with van der Waals surface area (Å²) in [5.41, 5.74) is 0.947. The van der Waals surface area contributed by atoms with E-state index in [-0.39, 0.29) is 4.90 Å². The van der Waals surface area contributed by atoms with Crippen LogP contribution in [0.15, 0.2) is 34.3 Å². The largest absolute Gasteiger partial charge is 0.393 e. The molecule has 0 saturated carbocycles. The number of aryl methyl sites for hydroxylation is 1. The van der Waals surface area contributed by atoms with E-state index in [2.05, 4.69) is 5.10 Å². The number of hydrogen-bond donors (Lipinski definition) is 3. The molecule has 0 spiro atoms. The average Bonchev–Trinajstić information content (AvgIpc) is 2.29. The van der Waals surface area contributed by atoms with Crippen LogP contribution in [0, 0.1) is 6.92 Å². The van der Waals surface area contributed by atoms with Gasteiger partial charge in [-0.25, -0.2) is 4.83 Å². The lowest BCUT2D eigenvalue weighted by atomic mass is 10.2. The second-order valence-corrected chi connectivity index (χ2v) is 5.10. The number of aliphatic hydroxyl groups excluding tert-OH is 2. The van der Waals surface area contributed by atoms with E-state index in [9.17, 15) is 8.42 Å². The normalized spacial score (nSPS) is 13.8. The van der Waals surface area contributed by atoms with Crippen LogP contribution >= 0.6 is 0 Å². The maximum atomic E-state index is 11.6. The molecule has 6 nitrogen and oxygen atoms in total. The van der Waals surface area contributed by atoms with Crippen LogP contribution in [0.25, 0.3) is 0 Å². The van der Waals surface area contributed by atoms with Gasteiger partial charge in [0.15, 0.2) is 0 Å². The molecule has 1 aromatic carbocycles. The van der Waals surface area contributed by atoms with Gasteiger partial charge in [0.2, 0.25) is 0 Å². The summed E-state index contributed by atoms with van der Waals surface area (Å²) in [5.74, 6) is 0. The summed E-state index contributed by atoms with van der Waals surface area (Å²) in [6, 6.07) is 6.24. The quantitative estimate of drug-likeness (QED) is 0.495. The van der Waals surface area contributed by atoms with E-state index in [4.69, 9.17) is 10.2 Å². The van der Waals surface area contributed by atoms with Crippen LogP contribution in [0.2, 0.25) is 0 Å². The lowest BCUT2D eigenvalue weighted by molar-refractivity contribution is 0.148. The van der Waals surface area contributed by atoms with Crippen LogP contribution in [-0.2, 0) is 10.0 Å². The molecule has 0 aromatic heterocycles. The van der Waals surface area contributed by atoms with Crippen LogP contribution in [0.1, 0.15) is 5.56 Å². The summed E-state index contributed by atoms with van der Waals surface area (Å²) in [7, 11) is -3.72. The Morgan fingerprint density at radius 3 is 2.53 bits per heavy atom. The molecular weight excluding hydrogens is 244 g/mol. The molecule has 17 heavy (non-hydrogen) atoms. The molecule has 0 aliphatic heterocycles. The number of nitrogens with zero attached hydrogens (tertiary/aromatic N) is 1. The highest BCUT2D eigenvalue weighted by atomic mass is 32.2. The summed E-state index contributed by atoms with van der Waals surface area (Å²) in [5, 5.41) is 20.8. The summed E-state index contributed by atoms with van der Waals surface area (Å²) in [6.07, 6.45) is -0.276. The average molecular weight is 258 g/mol. The van der Waals surface area contributed by atoms with Gasteiger partial charge in [-0.1, -0.05) is 17.7 Å². The Bertz CT molecular complexity index is 482. The van der Waals surface area contributed by atoms with Gasteiger partial charge >= 0.3 is 0 Å². The highest BCUT2D eigenvalue weighted by molar-refractivity contribution is 7.89. The van der Waals surface area contributed by atoms with Gasteiger partial charge in [-0.2, -0.15) is 13.5 Å². The Hall–Kier alpha value is -1.44. The molecule has 1 atom stereocenters. The smallest absolute Gasteiger partial charge is 0.276 e. The highest BCUT2D eigenvalue weighted by Crippen LogP contribution is 2.09. The SMILES string of the molecule is Cc1ccc(S(=O)(=O)N/N=C/[C@@H](O)CO)cc1. The first-order valence-electron chi connectivity index (χ1n) is 4.86. The predicted molar refractivity (Wildman–Crippen MR) is 63.1 cm³/mol. The maximum absolute atomic E-state index is 11.6. The van der Waals surface area contributed by atoms with Gasteiger partial charge in [0, 0.05) is 0 Å².